The monoisotopic (exact) mass is 403 g/mol. The van der Waals surface area contributed by atoms with Crippen LogP contribution in [0.4, 0.5) is 5.13 Å². The fraction of sp³-hybridized carbons (Fsp3) is 0.182. The quantitative estimate of drug-likeness (QED) is 0.519. The minimum Gasteiger partial charge on any atom is -0.296 e. The Balaban J connectivity index is 1.38. The largest absolute Gasteiger partial charge is 0.296 e. The van der Waals surface area contributed by atoms with Gasteiger partial charge in [-0.1, -0.05) is 41.7 Å². The second kappa shape index (κ2) is 8.36. The number of anilines is 1. The third-order valence-electron chi connectivity index (χ3n) is 4.54. The number of carbonyl (C=O) groups is 1. The third-order valence-corrected chi connectivity index (χ3v) is 5.44. The average Bonchev–Trinajstić information content (AvgIpc) is 3.32. The lowest BCUT2D eigenvalue weighted by Gasteiger charge is -2.06. The second-order valence-electron chi connectivity index (χ2n) is 6.83. The molecule has 0 saturated heterocycles. The van der Waals surface area contributed by atoms with Crippen molar-refractivity contribution in [2.24, 2.45) is 0 Å². The molecule has 0 fully saturated rings. The number of aromatic nitrogens is 4. The van der Waals surface area contributed by atoms with E-state index in [2.05, 4.69) is 32.7 Å². The van der Waals surface area contributed by atoms with E-state index < -0.39 is 0 Å². The summed E-state index contributed by atoms with van der Waals surface area (Å²) in [5.41, 5.74) is 4.76. The molecule has 0 aliphatic rings. The van der Waals surface area contributed by atoms with Crippen LogP contribution in [0.15, 0.2) is 60.7 Å². The number of aryl methyl sites for hydroxylation is 4. The van der Waals surface area contributed by atoms with Gasteiger partial charge < -0.3 is 0 Å². The summed E-state index contributed by atoms with van der Waals surface area (Å²) in [5, 5.41) is 17.0. The van der Waals surface area contributed by atoms with Crippen LogP contribution in [-0.2, 0) is 12.8 Å². The van der Waals surface area contributed by atoms with Crippen molar-refractivity contribution in [3.63, 3.8) is 0 Å². The van der Waals surface area contributed by atoms with Crippen LogP contribution >= 0.6 is 11.3 Å². The van der Waals surface area contributed by atoms with Gasteiger partial charge in [0.1, 0.15) is 5.01 Å². The molecular weight excluding hydrogens is 382 g/mol. The van der Waals surface area contributed by atoms with Crippen molar-refractivity contribution in [2.75, 3.05) is 5.32 Å². The van der Waals surface area contributed by atoms with E-state index in [1.807, 2.05) is 54.9 Å². The first kappa shape index (κ1) is 19.0. The van der Waals surface area contributed by atoms with Gasteiger partial charge in [-0.3, -0.25) is 10.1 Å². The van der Waals surface area contributed by atoms with Crippen LogP contribution in [0.3, 0.4) is 0 Å². The molecule has 1 amide bonds. The Morgan fingerprint density at radius 3 is 2.45 bits per heavy atom. The van der Waals surface area contributed by atoms with Gasteiger partial charge in [0.2, 0.25) is 5.13 Å². The maximum atomic E-state index is 12.5. The Kier molecular flexibility index (Phi) is 5.48. The summed E-state index contributed by atoms with van der Waals surface area (Å²) in [5.74, 6) is -0.198. The van der Waals surface area contributed by atoms with Gasteiger partial charge in [-0.25, -0.2) is 4.68 Å². The molecule has 2 heterocycles. The van der Waals surface area contributed by atoms with Crippen molar-refractivity contribution in [1.29, 1.82) is 0 Å². The fourth-order valence-corrected chi connectivity index (χ4v) is 3.85. The first-order chi connectivity index (χ1) is 14.1. The van der Waals surface area contributed by atoms with Gasteiger partial charge in [0, 0.05) is 17.7 Å². The van der Waals surface area contributed by atoms with Crippen LogP contribution in [0.2, 0.25) is 0 Å². The molecule has 0 aliphatic heterocycles. The molecule has 4 rings (SSSR count). The molecule has 29 heavy (non-hydrogen) atoms. The van der Waals surface area contributed by atoms with Crippen LogP contribution in [0, 0.1) is 13.8 Å². The van der Waals surface area contributed by atoms with Crippen LogP contribution < -0.4 is 5.32 Å². The topological polar surface area (TPSA) is 72.7 Å². The molecule has 0 bridgehead atoms. The van der Waals surface area contributed by atoms with Crippen molar-refractivity contribution >= 4 is 22.4 Å². The lowest BCUT2D eigenvalue weighted by Crippen LogP contribution is -2.12. The zero-order valence-corrected chi connectivity index (χ0v) is 17.1. The number of nitrogens with one attached hydrogen (secondary N) is 1. The lowest BCUT2D eigenvalue weighted by molar-refractivity contribution is 0.102. The molecular formula is C22H21N5OS. The molecule has 7 heteroatoms. The minimum atomic E-state index is -0.198. The predicted molar refractivity (Wildman–Crippen MR) is 115 cm³/mol. The molecule has 0 aliphatic carbocycles. The molecule has 0 saturated carbocycles. The van der Waals surface area contributed by atoms with E-state index in [-0.39, 0.29) is 5.91 Å². The number of rotatable bonds is 6. The first-order valence-electron chi connectivity index (χ1n) is 9.40. The van der Waals surface area contributed by atoms with Crippen molar-refractivity contribution < 1.29 is 4.79 Å². The van der Waals surface area contributed by atoms with E-state index >= 15 is 0 Å². The summed E-state index contributed by atoms with van der Waals surface area (Å²) >= 11 is 1.41. The number of amides is 1. The molecule has 2 aromatic carbocycles. The van der Waals surface area contributed by atoms with Crippen LogP contribution in [0.1, 0.15) is 32.3 Å². The van der Waals surface area contributed by atoms with E-state index in [0.29, 0.717) is 10.7 Å². The first-order valence-corrected chi connectivity index (χ1v) is 10.2. The zero-order chi connectivity index (χ0) is 20.2. The van der Waals surface area contributed by atoms with Crippen molar-refractivity contribution in [1.82, 2.24) is 20.0 Å². The van der Waals surface area contributed by atoms with Gasteiger partial charge in [-0.15, -0.1) is 10.2 Å². The Bertz CT molecular complexity index is 1120. The normalized spacial score (nSPS) is 10.8. The standard InChI is InChI=1S/C22H21N5OS/c1-15-14-16(2)27(26-15)19-11-9-18(10-12-19)21(28)23-22-25-24-20(29-22)13-8-17-6-4-3-5-7-17/h3-7,9-12,14H,8,13H2,1-2H3,(H,23,25,28). The van der Waals surface area contributed by atoms with E-state index in [4.69, 9.17) is 0 Å². The van der Waals surface area contributed by atoms with Gasteiger partial charge in [0.05, 0.1) is 11.4 Å². The summed E-state index contributed by atoms with van der Waals surface area (Å²) in [6, 6.07) is 19.6. The Morgan fingerprint density at radius 1 is 1.00 bits per heavy atom. The fourth-order valence-electron chi connectivity index (χ4n) is 3.11. The summed E-state index contributed by atoms with van der Waals surface area (Å²) in [6.07, 6.45) is 1.70. The van der Waals surface area contributed by atoms with Gasteiger partial charge >= 0.3 is 0 Å². The summed E-state index contributed by atoms with van der Waals surface area (Å²) in [6.45, 7) is 3.97. The van der Waals surface area contributed by atoms with Crippen molar-refractivity contribution in [2.45, 2.75) is 26.7 Å². The van der Waals surface area contributed by atoms with Crippen LogP contribution in [0.5, 0.6) is 0 Å². The van der Waals surface area contributed by atoms with Crippen molar-refractivity contribution in [3.05, 3.63) is 88.2 Å². The zero-order valence-electron chi connectivity index (χ0n) is 16.3. The molecule has 4 aromatic rings. The highest BCUT2D eigenvalue weighted by molar-refractivity contribution is 7.15. The lowest BCUT2D eigenvalue weighted by atomic mass is 10.1. The second-order valence-corrected chi connectivity index (χ2v) is 7.89. The molecule has 0 spiro atoms. The summed E-state index contributed by atoms with van der Waals surface area (Å²) < 4.78 is 1.86. The van der Waals surface area contributed by atoms with E-state index in [9.17, 15) is 4.79 Å². The van der Waals surface area contributed by atoms with Crippen molar-refractivity contribution in [3.8, 4) is 5.69 Å². The number of benzene rings is 2. The molecule has 146 valence electrons. The van der Waals surface area contributed by atoms with E-state index in [1.165, 1.54) is 16.9 Å². The molecule has 0 unspecified atom stereocenters. The molecule has 1 N–H and O–H groups in total. The average molecular weight is 404 g/mol. The minimum absolute atomic E-state index is 0.198. The van der Waals surface area contributed by atoms with Gasteiger partial charge in [-0.05, 0) is 56.2 Å². The third kappa shape index (κ3) is 4.57. The van der Waals surface area contributed by atoms with Gasteiger partial charge in [-0.2, -0.15) is 5.10 Å². The molecule has 2 aromatic heterocycles. The number of hydrogen-bond acceptors (Lipinski definition) is 5. The highest BCUT2D eigenvalue weighted by atomic mass is 32.1. The Labute approximate surface area is 173 Å². The number of carbonyl (C=O) groups excluding carboxylic acids is 1. The maximum absolute atomic E-state index is 12.5. The van der Waals surface area contributed by atoms with Crippen LogP contribution in [-0.4, -0.2) is 25.9 Å². The smallest absolute Gasteiger partial charge is 0.257 e. The van der Waals surface area contributed by atoms with Gasteiger partial charge in [0.15, 0.2) is 0 Å². The highest BCUT2D eigenvalue weighted by Crippen LogP contribution is 2.19. The number of nitrogens with zero attached hydrogens (tertiary/aromatic N) is 4. The highest BCUT2D eigenvalue weighted by Gasteiger charge is 2.11. The van der Waals surface area contributed by atoms with E-state index in [1.54, 1.807) is 12.1 Å². The SMILES string of the molecule is Cc1cc(C)n(-c2ccc(C(=O)Nc3nnc(CCc4ccccc4)s3)cc2)n1. The molecule has 6 nitrogen and oxygen atoms in total. The number of hydrogen-bond donors (Lipinski definition) is 1. The summed E-state index contributed by atoms with van der Waals surface area (Å²) in [7, 11) is 0. The molecule has 0 atom stereocenters. The van der Waals surface area contributed by atoms with Crippen LogP contribution in [0.25, 0.3) is 5.69 Å². The van der Waals surface area contributed by atoms with Gasteiger partial charge in [0.25, 0.3) is 5.91 Å². The Morgan fingerprint density at radius 2 is 1.76 bits per heavy atom. The predicted octanol–water partition coefficient (Wildman–Crippen LogP) is 4.38. The summed E-state index contributed by atoms with van der Waals surface area (Å²) in [4.78, 5) is 12.5. The molecule has 0 radical (unpaired) electrons. The van der Waals surface area contributed by atoms with E-state index in [0.717, 1.165) is 34.9 Å². The Hall–Kier alpha value is -3.32. The maximum Gasteiger partial charge on any atom is 0.257 e.